The second-order valence-electron chi connectivity index (χ2n) is 11.1. The molecule has 3 amide bonds. The molecule has 4 atom stereocenters. The predicted molar refractivity (Wildman–Crippen MR) is 170 cm³/mol. The first-order valence-corrected chi connectivity index (χ1v) is 15.0. The number of rotatable bonds is 17. The molecule has 0 saturated heterocycles. The molecule has 0 fully saturated rings. The van der Waals surface area contributed by atoms with Gasteiger partial charge in [0, 0.05) is 41.8 Å². The molecular formula is C32H40N8O6. The zero-order chi connectivity index (χ0) is 33.1. The number of carboxylic acids is 1. The summed E-state index contributed by atoms with van der Waals surface area (Å²) in [7, 11) is 0. The molecule has 0 aliphatic rings. The fraction of sp³-hybridized carbons (Fsp3) is 0.344. The van der Waals surface area contributed by atoms with Crippen LogP contribution in [0.3, 0.4) is 0 Å². The molecule has 14 heteroatoms. The van der Waals surface area contributed by atoms with E-state index in [0.29, 0.717) is 25.1 Å². The molecule has 2 aromatic heterocycles. The number of aromatic hydroxyl groups is 1. The van der Waals surface area contributed by atoms with Crippen LogP contribution in [-0.4, -0.2) is 79.6 Å². The third-order valence-electron chi connectivity index (χ3n) is 7.63. The number of carbonyl (C=O) groups is 4. The van der Waals surface area contributed by atoms with Gasteiger partial charge in [-0.15, -0.1) is 0 Å². The van der Waals surface area contributed by atoms with Crippen molar-refractivity contribution in [3.63, 3.8) is 0 Å². The average Bonchev–Trinajstić information content (AvgIpc) is 3.71. The third kappa shape index (κ3) is 9.39. The Hall–Kier alpha value is -5.21. The van der Waals surface area contributed by atoms with E-state index in [4.69, 9.17) is 11.5 Å². The Bertz CT molecular complexity index is 1600. The minimum absolute atomic E-state index is 0.0390. The number of carbonyl (C=O) groups excluding carboxylic acids is 3. The molecule has 0 radical (unpaired) electrons. The maximum absolute atomic E-state index is 13.8. The van der Waals surface area contributed by atoms with E-state index in [-0.39, 0.29) is 31.4 Å². The van der Waals surface area contributed by atoms with E-state index in [0.717, 1.165) is 22.0 Å². The highest BCUT2D eigenvalue weighted by atomic mass is 16.4. The van der Waals surface area contributed by atoms with Crippen molar-refractivity contribution in [2.45, 2.75) is 62.7 Å². The van der Waals surface area contributed by atoms with Crippen molar-refractivity contribution in [2.24, 2.45) is 11.5 Å². The van der Waals surface area contributed by atoms with Crippen molar-refractivity contribution in [3.05, 3.63) is 84.1 Å². The van der Waals surface area contributed by atoms with Crippen molar-refractivity contribution in [1.29, 1.82) is 0 Å². The second kappa shape index (κ2) is 16.2. The number of nitrogens with two attached hydrogens (primary N) is 2. The Kier molecular flexibility index (Phi) is 11.9. The first-order chi connectivity index (χ1) is 22.1. The van der Waals surface area contributed by atoms with Gasteiger partial charge in [-0.3, -0.25) is 14.4 Å². The van der Waals surface area contributed by atoms with Crippen molar-refractivity contribution < 1.29 is 29.4 Å². The van der Waals surface area contributed by atoms with Crippen LogP contribution in [0.4, 0.5) is 0 Å². The van der Waals surface area contributed by atoms with Crippen molar-refractivity contribution in [2.75, 3.05) is 6.54 Å². The normalized spacial score (nSPS) is 13.8. The third-order valence-corrected chi connectivity index (χ3v) is 7.63. The monoisotopic (exact) mass is 632 g/mol. The molecule has 244 valence electrons. The van der Waals surface area contributed by atoms with Gasteiger partial charge in [-0.25, -0.2) is 9.78 Å². The molecule has 11 N–H and O–H groups in total. The van der Waals surface area contributed by atoms with Crippen LogP contribution in [0.2, 0.25) is 0 Å². The van der Waals surface area contributed by atoms with Crippen LogP contribution < -0.4 is 27.4 Å². The number of aliphatic carboxylic acids is 1. The van der Waals surface area contributed by atoms with Gasteiger partial charge < -0.3 is 47.6 Å². The molecule has 0 saturated carbocycles. The highest BCUT2D eigenvalue weighted by molar-refractivity contribution is 5.95. The molecule has 46 heavy (non-hydrogen) atoms. The number of aromatic amines is 2. The Balaban J connectivity index is 1.53. The first kappa shape index (κ1) is 33.7. The van der Waals surface area contributed by atoms with Crippen molar-refractivity contribution in [3.8, 4) is 5.75 Å². The predicted octanol–water partition coefficient (Wildman–Crippen LogP) is 0.620. The van der Waals surface area contributed by atoms with Gasteiger partial charge in [0.25, 0.3) is 0 Å². The first-order valence-electron chi connectivity index (χ1n) is 15.0. The van der Waals surface area contributed by atoms with E-state index in [9.17, 15) is 29.4 Å². The molecule has 2 aromatic carbocycles. The SMILES string of the molecule is NCCCCC(NC(=O)C(Cc1c[nH]c2ccccc12)NC(=O)C(N)Cc1ccc(O)cc1)C(=O)NC(Cc1cnc[nH]1)C(=O)O. The molecule has 0 aliphatic heterocycles. The van der Waals surface area contributed by atoms with Gasteiger partial charge in [-0.05, 0) is 61.6 Å². The summed E-state index contributed by atoms with van der Waals surface area (Å²) < 4.78 is 0. The fourth-order valence-corrected chi connectivity index (χ4v) is 5.11. The second-order valence-corrected chi connectivity index (χ2v) is 11.1. The Morgan fingerprint density at radius 2 is 1.52 bits per heavy atom. The smallest absolute Gasteiger partial charge is 0.326 e. The lowest BCUT2D eigenvalue weighted by atomic mass is 10.0. The molecule has 0 spiro atoms. The highest BCUT2D eigenvalue weighted by Gasteiger charge is 2.31. The molecule has 4 aromatic rings. The molecule has 0 aliphatic carbocycles. The van der Waals surface area contributed by atoms with Gasteiger partial charge in [0.2, 0.25) is 17.7 Å². The van der Waals surface area contributed by atoms with Crippen molar-refractivity contribution in [1.82, 2.24) is 30.9 Å². The summed E-state index contributed by atoms with van der Waals surface area (Å²) in [6.07, 6.45) is 6.10. The Morgan fingerprint density at radius 3 is 2.22 bits per heavy atom. The molecule has 4 unspecified atom stereocenters. The van der Waals surface area contributed by atoms with Crippen LogP contribution in [-0.2, 0) is 38.4 Å². The summed E-state index contributed by atoms with van der Waals surface area (Å²) in [4.78, 5) is 62.4. The van der Waals surface area contributed by atoms with E-state index in [1.54, 1.807) is 18.3 Å². The van der Waals surface area contributed by atoms with E-state index < -0.39 is 47.9 Å². The number of phenolic OH excluding ortho intramolecular Hbond substituents is 1. The van der Waals surface area contributed by atoms with E-state index >= 15 is 0 Å². The Labute approximate surface area is 265 Å². The highest BCUT2D eigenvalue weighted by Crippen LogP contribution is 2.20. The summed E-state index contributed by atoms with van der Waals surface area (Å²) in [6.45, 7) is 0.373. The lowest BCUT2D eigenvalue weighted by Gasteiger charge is -2.25. The number of carboxylic acid groups (broad SMARTS) is 1. The van der Waals surface area contributed by atoms with Crippen molar-refractivity contribution >= 4 is 34.6 Å². The number of fused-ring (bicyclic) bond motifs is 1. The number of nitrogens with zero attached hydrogens (tertiary/aromatic N) is 1. The lowest BCUT2D eigenvalue weighted by Crippen LogP contribution is -2.58. The van der Waals surface area contributed by atoms with E-state index in [1.165, 1.54) is 24.7 Å². The zero-order valence-corrected chi connectivity index (χ0v) is 25.2. The lowest BCUT2D eigenvalue weighted by molar-refractivity contribution is -0.142. The number of para-hydroxylation sites is 1. The quantitative estimate of drug-likeness (QED) is 0.0740. The minimum Gasteiger partial charge on any atom is -0.508 e. The number of nitrogens with one attached hydrogen (secondary N) is 5. The number of imidazole rings is 1. The zero-order valence-electron chi connectivity index (χ0n) is 25.2. The summed E-state index contributed by atoms with van der Waals surface area (Å²) in [5, 5.41) is 28.2. The van der Waals surface area contributed by atoms with E-state index in [1.807, 2.05) is 24.3 Å². The van der Waals surface area contributed by atoms with Gasteiger partial charge in [0.15, 0.2) is 0 Å². The van der Waals surface area contributed by atoms with Gasteiger partial charge in [-0.2, -0.15) is 0 Å². The van der Waals surface area contributed by atoms with Gasteiger partial charge >= 0.3 is 5.97 Å². The number of aromatic nitrogens is 3. The number of hydrogen-bond donors (Lipinski definition) is 9. The molecular weight excluding hydrogens is 592 g/mol. The largest absolute Gasteiger partial charge is 0.508 e. The molecule has 0 bridgehead atoms. The number of benzene rings is 2. The van der Waals surface area contributed by atoms with Crippen LogP contribution in [0.5, 0.6) is 5.75 Å². The summed E-state index contributed by atoms with van der Waals surface area (Å²) >= 11 is 0. The van der Waals surface area contributed by atoms with Crippen LogP contribution in [0.15, 0.2) is 67.3 Å². The van der Waals surface area contributed by atoms with Crippen LogP contribution in [0.25, 0.3) is 10.9 Å². The van der Waals surface area contributed by atoms with Gasteiger partial charge in [0.05, 0.1) is 12.4 Å². The Morgan fingerprint density at radius 1 is 0.826 bits per heavy atom. The summed E-state index contributed by atoms with van der Waals surface area (Å²) in [5.74, 6) is -3.06. The van der Waals surface area contributed by atoms with Crippen LogP contribution in [0, 0.1) is 0 Å². The topological polar surface area (TPSA) is 241 Å². The number of hydrogen-bond acceptors (Lipinski definition) is 8. The number of amides is 3. The summed E-state index contributed by atoms with van der Waals surface area (Å²) in [6, 6.07) is 9.30. The van der Waals surface area contributed by atoms with Crippen LogP contribution >= 0.6 is 0 Å². The number of unbranched alkanes of at least 4 members (excludes halogenated alkanes) is 1. The number of H-pyrrole nitrogens is 2. The van der Waals surface area contributed by atoms with Gasteiger partial charge in [-0.1, -0.05) is 30.3 Å². The molecule has 14 nitrogen and oxygen atoms in total. The van der Waals surface area contributed by atoms with E-state index in [2.05, 4.69) is 30.9 Å². The minimum atomic E-state index is -1.28. The van der Waals surface area contributed by atoms with Gasteiger partial charge in [0.1, 0.15) is 23.9 Å². The maximum Gasteiger partial charge on any atom is 0.326 e. The standard InChI is InChI=1S/C32H40N8O6/c33-12-4-3-7-26(30(43)40-28(32(45)46)15-21-17-35-18-37-21)38-31(44)27(14-20-16-36-25-6-2-1-5-23(20)25)39-29(42)24(34)13-19-8-10-22(41)11-9-19/h1-2,5-6,8-11,16-18,24,26-28,36,41H,3-4,7,12-15,33-34H2,(H,35,37)(H,38,44)(H,39,42)(H,40,43)(H,45,46). The fourth-order valence-electron chi connectivity index (χ4n) is 5.11. The van der Waals surface area contributed by atoms with Crippen LogP contribution in [0.1, 0.15) is 36.1 Å². The molecule has 4 rings (SSSR count). The average molecular weight is 633 g/mol. The molecule has 2 heterocycles. The maximum atomic E-state index is 13.8. The number of phenols is 1. The summed E-state index contributed by atoms with van der Waals surface area (Å²) in [5.41, 5.74) is 14.7.